The molecule has 0 saturated heterocycles. The van der Waals surface area contributed by atoms with Crippen molar-refractivity contribution in [2.75, 3.05) is 0 Å². The Balaban J connectivity index is 4.42. The topological polar surface area (TPSA) is 70.1 Å². The molecular weight excluding hydrogens is 140 g/mol. The first-order chi connectivity index (χ1) is 4.80. The summed E-state index contributed by atoms with van der Waals surface area (Å²) in [6.07, 6.45) is -0.542. The minimum Gasteiger partial charge on any atom is -0.392 e. The second-order valence-electron chi connectivity index (χ2n) is 3.82. The number of rotatable bonds is 3. The van der Waals surface area contributed by atoms with Gasteiger partial charge in [-0.2, -0.15) is 0 Å². The number of aliphatic hydroxyl groups excluding tert-OH is 1. The van der Waals surface area contributed by atoms with E-state index in [1.54, 1.807) is 13.8 Å². The molecule has 0 bridgehead atoms. The Labute approximate surface area is 68.1 Å². The van der Waals surface area contributed by atoms with Crippen molar-refractivity contribution in [1.82, 2.24) is 0 Å². The van der Waals surface area contributed by atoms with Crippen molar-refractivity contribution in [3.63, 3.8) is 0 Å². The first-order valence-corrected chi connectivity index (χ1v) is 3.82. The highest BCUT2D eigenvalue weighted by Gasteiger charge is 2.32. The number of hydrogen-bond acceptors (Lipinski definition) is 2. The van der Waals surface area contributed by atoms with Gasteiger partial charge in [0.15, 0.2) is 0 Å². The van der Waals surface area contributed by atoms with Crippen LogP contribution in [0.1, 0.15) is 27.7 Å². The number of hydrogen-bond donors (Lipinski definition) is 3. The highest BCUT2D eigenvalue weighted by atomic mass is 16.3. The number of nitrogens with one attached hydrogen (secondary N) is 1. The van der Waals surface area contributed by atoms with E-state index >= 15 is 0 Å². The molecule has 0 heterocycles. The minimum atomic E-state index is -0.603. The van der Waals surface area contributed by atoms with Crippen molar-refractivity contribution in [3.8, 4) is 0 Å². The third kappa shape index (κ3) is 2.19. The fourth-order valence-electron chi connectivity index (χ4n) is 0.993. The van der Waals surface area contributed by atoms with Crippen LogP contribution in [0.2, 0.25) is 0 Å². The van der Waals surface area contributed by atoms with Crippen molar-refractivity contribution in [2.24, 2.45) is 17.1 Å². The van der Waals surface area contributed by atoms with Crippen LogP contribution in [0.4, 0.5) is 0 Å². The molecule has 1 atom stereocenters. The van der Waals surface area contributed by atoms with E-state index in [1.165, 1.54) is 0 Å². The van der Waals surface area contributed by atoms with Gasteiger partial charge < -0.3 is 10.8 Å². The van der Waals surface area contributed by atoms with E-state index in [4.69, 9.17) is 11.1 Å². The molecule has 0 aromatic rings. The van der Waals surface area contributed by atoms with Crippen LogP contribution in [0.5, 0.6) is 0 Å². The molecule has 0 aliphatic carbocycles. The van der Waals surface area contributed by atoms with Crippen molar-refractivity contribution >= 4 is 5.84 Å². The van der Waals surface area contributed by atoms with Gasteiger partial charge in [0.25, 0.3) is 0 Å². The molecule has 4 N–H and O–H groups in total. The van der Waals surface area contributed by atoms with E-state index in [2.05, 4.69) is 0 Å². The largest absolute Gasteiger partial charge is 0.392 e. The molecule has 66 valence electrons. The Kier molecular flexibility index (Phi) is 3.05. The SMILES string of the molecule is CC(C)C(O)C(C)(C)C(=N)N. The van der Waals surface area contributed by atoms with Crippen molar-refractivity contribution < 1.29 is 5.11 Å². The van der Waals surface area contributed by atoms with E-state index in [0.29, 0.717) is 0 Å². The van der Waals surface area contributed by atoms with Crippen LogP contribution >= 0.6 is 0 Å². The van der Waals surface area contributed by atoms with Crippen LogP contribution < -0.4 is 5.73 Å². The third-order valence-electron chi connectivity index (χ3n) is 2.07. The fraction of sp³-hybridized carbons (Fsp3) is 0.875. The summed E-state index contributed by atoms with van der Waals surface area (Å²) in [5.74, 6) is 0.174. The second-order valence-corrected chi connectivity index (χ2v) is 3.82. The van der Waals surface area contributed by atoms with Gasteiger partial charge in [0.05, 0.1) is 11.9 Å². The van der Waals surface area contributed by atoms with Crippen LogP contribution in [0.25, 0.3) is 0 Å². The molecule has 0 fully saturated rings. The Hall–Kier alpha value is -0.570. The predicted molar refractivity (Wildman–Crippen MR) is 46.5 cm³/mol. The minimum absolute atomic E-state index is 0.0405. The molecule has 0 amide bonds. The lowest BCUT2D eigenvalue weighted by Crippen LogP contribution is -2.43. The van der Waals surface area contributed by atoms with Crippen molar-refractivity contribution in [2.45, 2.75) is 33.8 Å². The molecule has 0 aromatic carbocycles. The second kappa shape index (κ2) is 3.22. The summed E-state index contributed by atoms with van der Waals surface area (Å²) < 4.78 is 0. The van der Waals surface area contributed by atoms with E-state index in [9.17, 15) is 5.11 Å². The monoisotopic (exact) mass is 158 g/mol. The van der Waals surface area contributed by atoms with Gasteiger partial charge in [0, 0.05) is 5.41 Å². The van der Waals surface area contributed by atoms with Gasteiger partial charge in [0.2, 0.25) is 0 Å². The summed E-state index contributed by atoms with van der Waals surface area (Å²) in [7, 11) is 0. The molecule has 0 radical (unpaired) electrons. The van der Waals surface area contributed by atoms with E-state index in [-0.39, 0.29) is 11.8 Å². The van der Waals surface area contributed by atoms with Gasteiger partial charge >= 0.3 is 0 Å². The van der Waals surface area contributed by atoms with E-state index in [1.807, 2.05) is 13.8 Å². The van der Waals surface area contributed by atoms with Crippen LogP contribution in [-0.2, 0) is 0 Å². The smallest absolute Gasteiger partial charge is 0.0989 e. The van der Waals surface area contributed by atoms with E-state index in [0.717, 1.165) is 0 Å². The Morgan fingerprint density at radius 3 is 1.91 bits per heavy atom. The third-order valence-corrected chi connectivity index (χ3v) is 2.07. The number of nitrogens with two attached hydrogens (primary N) is 1. The molecule has 0 aromatic heterocycles. The van der Waals surface area contributed by atoms with Crippen molar-refractivity contribution in [3.05, 3.63) is 0 Å². The normalized spacial score (nSPS) is 15.1. The summed E-state index contributed by atoms with van der Waals surface area (Å²) in [5, 5.41) is 16.8. The Morgan fingerprint density at radius 1 is 1.45 bits per heavy atom. The van der Waals surface area contributed by atoms with Crippen LogP contribution in [0.3, 0.4) is 0 Å². The molecular formula is C8H18N2O. The Bertz CT molecular complexity index is 152. The maximum Gasteiger partial charge on any atom is 0.0989 e. The van der Waals surface area contributed by atoms with Crippen LogP contribution in [-0.4, -0.2) is 17.0 Å². The molecule has 0 aliphatic heterocycles. The molecule has 3 heteroatoms. The summed E-state index contributed by atoms with van der Waals surface area (Å²) in [5.41, 5.74) is 4.73. The molecule has 0 aliphatic rings. The molecule has 1 unspecified atom stereocenters. The first-order valence-electron chi connectivity index (χ1n) is 3.82. The molecule has 0 saturated carbocycles. The molecule has 11 heavy (non-hydrogen) atoms. The highest BCUT2D eigenvalue weighted by Crippen LogP contribution is 2.25. The van der Waals surface area contributed by atoms with Crippen molar-refractivity contribution in [1.29, 1.82) is 5.41 Å². The van der Waals surface area contributed by atoms with Gasteiger partial charge in [-0.1, -0.05) is 27.7 Å². The quantitative estimate of drug-likeness (QED) is 0.423. The van der Waals surface area contributed by atoms with Gasteiger partial charge in [-0.3, -0.25) is 5.41 Å². The average molecular weight is 158 g/mol. The van der Waals surface area contributed by atoms with Gasteiger partial charge in [-0.15, -0.1) is 0 Å². The molecule has 3 nitrogen and oxygen atoms in total. The average Bonchev–Trinajstić information content (AvgIpc) is 1.85. The fourth-order valence-corrected chi connectivity index (χ4v) is 0.993. The maximum absolute atomic E-state index is 9.60. The maximum atomic E-state index is 9.60. The zero-order valence-corrected chi connectivity index (χ0v) is 7.68. The molecule has 0 spiro atoms. The van der Waals surface area contributed by atoms with Gasteiger partial charge in [0.1, 0.15) is 0 Å². The van der Waals surface area contributed by atoms with Gasteiger partial charge in [-0.25, -0.2) is 0 Å². The summed E-state index contributed by atoms with van der Waals surface area (Å²) in [6, 6.07) is 0. The summed E-state index contributed by atoms with van der Waals surface area (Å²) in [6.45, 7) is 7.38. The highest BCUT2D eigenvalue weighted by molar-refractivity contribution is 5.83. The molecule has 0 rings (SSSR count). The summed E-state index contributed by atoms with van der Waals surface area (Å²) in [4.78, 5) is 0. The van der Waals surface area contributed by atoms with E-state index < -0.39 is 11.5 Å². The predicted octanol–water partition coefficient (Wildman–Crippen LogP) is 0.965. The van der Waals surface area contributed by atoms with Crippen LogP contribution in [0.15, 0.2) is 0 Å². The lowest BCUT2D eigenvalue weighted by atomic mass is 9.80. The number of aliphatic hydroxyl groups is 1. The lowest BCUT2D eigenvalue weighted by Gasteiger charge is -2.31. The standard InChI is InChI=1S/C8H18N2O/c1-5(2)6(11)8(3,4)7(9)10/h5-6,11H,1-4H3,(H3,9,10). The van der Waals surface area contributed by atoms with Crippen LogP contribution in [0, 0.1) is 16.7 Å². The van der Waals surface area contributed by atoms with Gasteiger partial charge in [-0.05, 0) is 5.92 Å². The summed E-state index contributed by atoms with van der Waals surface area (Å²) >= 11 is 0. The lowest BCUT2D eigenvalue weighted by molar-refractivity contribution is 0.0506. The zero-order valence-electron chi connectivity index (χ0n) is 7.68. The zero-order chi connectivity index (χ0) is 9.23. The number of amidine groups is 1. The Morgan fingerprint density at radius 2 is 1.82 bits per heavy atom. The first kappa shape index (κ1) is 10.4.